The molecule has 3 aromatic rings. The van der Waals surface area contributed by atoms with Crippen molar-refractivity contribution in [1.82, 2.24) is 0 Å². The van der Waals surface area contributed by atoms with Gasteiger partial charge in [0.2, 0.25) is 5.78 Å². The Kier molecular flexibility index (Phi) is 6.99. The number of esters is 2. The number of fused-ring (bicyclic) bond motifs is 1. The van der Waals surface area contributed by atoms with Gasteiger partial charge in [-0.3, -0.25) is 9.59 Å². The van der Waals surface area contributed by atoms with E-state index < -0.39 is 24.3 Å². The lowest BCUT2D eigenvalue weighted by Gasteiger charge is -2.14. The Morgan fingerprint density at radius 1 is 0.943 bits per heavy atom. The van der Waals surface area contributed by atoms with Crippen molar-refractivity contribution in [1.29, 1.82) is 5.26 Å². The second-order valence-corrected chi connectivity index (χ2v) is 8.65. The molecule has 0 bridgehead atoms. The Morgan fingerprint density at radius 2 is 1.57 bits per heavy atom. The fourth-order valence-corrected chi connectivity index (χ4v) is 4.68. The molecule has 0 unspecified atom stereocenters. The van der Waals surface area contributed by atoms with E-state index in [1.807, 2.05) is 30.3 Å². The quantitative estimate of drug-likeness (QED) is 0.209. The monoisotopic (exact) mass is 484 g/mol. The minimum atomic E-state index is -0.659. The van der Waals surface area contributed by atoms with Crippen molar-refractivity contribution in [3.63, 3.8) is 0 Å². The third-order valence-corrected chi connectivity index (χ3v) is 6.48. The van der Waals surface area contributed by atoms with Crippen LogP contribution >= 0.6 is 11.8 Å². The molecule has 8 heteroatoms. The van der Waals surface area contributed by atoms with Crippen LogP contribution in [0.4, 0.5) is 5.69 Å². The van der Waals surface area contributed by atoms with Crippen LogP contribution in [0.5, 0.6) is 5.75 Å². The summed E-state index contributed by atoms with van der Waals surface area (Å²) in [5.74, 6) is -1.17. The number of para-hydroxylation sites is 1. The van der Waals surface area contributed by atoms with Crippen LogP contribution in [0.3, 0.4) is 0 Å². The Hall–Kier alpha value is -4.35. The van der Waals surface area contributed by atoms with Gasteiger partial charge in [0.05, 0.1) is 11.3 Å². The number of hydrogen-bond donors (Lipinski definition) is 0. The number of anilines is 1. The first-order chi connectivity index (χ1) is 16.9. The molecular formula is C27H20N2O5S. The molecule has 0 saturated carbocycles. The summed E-state index contributed by atoms with van der Waals surface area (Å²) in [6, 6.07) is 23.2. The summed E-state index contributed by atoms with van der Waals surface area (Å²) in [5.41, 5.74) is 2.87. The number of nitrogens with zero attached hydrogens (tertiary/aromatic N) is 2. The number of nitriles is 1. The Bertz CT molecular complexity index is 1370. The highest BCUT2D eigenvalue weighted by atomic mass is 32.2. The topological polar surface area (TPSA) is 96.7 Å². The molecule has 0 atom stereocenters. The van der Waals surface area contributed by atoms with Crippen LogP contribution in [-0.2, 0) is 14.3 Å². The maximum absolute atomic E-state index is 12.7. The average molecular weight is 485 g/mol. The number of Topliss-reactive ketones (excluding diaryl/α,β-unsaturated/α-hetero) is 1. The normalized spacial score (nSPS) is 13.5. The van der Waals surface area contributed by atoms with Gasteiger partial charge in [-0.05, 0) is 47.5 Å². The number of ether oxygens (including phenoxy) is 2. The molecule has 1 aliphatic rings. The van der Waals surface area contributed by atoms with Crippen LogP contribution in [-0.4, -0.2) is 31.4 Å². The van der Waals surface area contributed by atoms with E-state index in [-0.39, 0.29) is 11.1 Å². The SMILES string of the molecule is CC(=O)Oc1ccc(-c2ccc(C(=O)OCC(=O)/C(C#N)=C3\Sc4ccccc4N3C)cc2)cc1. The predicted octanol–water partition coefficient (Wildman–Crippen LogP) is 4.98. The number of ketones is 1. The van der Waals surface area contributed by atoms with E-state index in [2.05, 4.69) is 0 Å². The van der Waals surface area contributed by atoms with Crippen molar-refractivity contribution in [3.8, 4) is 22.9 Å². The van der Waals surface area contributed by atoms with Gasteiger partial charge in [0.1, 0.15) is 22.4 Å². The second kappa shape index (κ2) is 10.3. The number of carbonyl (C=O) groups excluding carboxylic acids is 3. The van der Waals surface area contributed by atoms with E-state index in [0.29, 0.717) is 10.8 Å². The largest absolute Gasteiger partial charge is 0.454 e. The zero-order valence-corrected chi connectivity index (χ0v) is 19.8. The molecule has 7 nitrogen and oxygen atoms in total. The first-order valence-electron chi connectivity index (χ1n) is 10.6. The van der Waals surface area contributed by atoms with E-state index in [1.165, 1.54) is 18.7 Å². The third kappa shape index (κ3) is 5.26. The summed E-state index contributed by atoms with van der Waals surface area (Å²) in [6.45, 7) is 0.803. The van der Waals surface area contributed by atoms with Crippen LogP contribution in [0, 0.1) is 11.3 Å². The van der Waals surface area contributed by atoms with Crippen LogP contribution in [0.1, 0.15) is 17.3 Å². The van der Waals surface area contributed by atoms with Crippen LogP contribution in [0.25, 0.3) is 11.1 Å². The van der Waals surface area contributed by atoms with Crippen molar-refractivity contribution < 1.29 is 23.9 Å². The van der Waals surface area contributed by atoms with Gasteiger partial charge < -0.3 is 14.4 Å². The van der Waals surface area contributed by atoms with Gasteiger partial charge in [-0.25, -0.2) is 4.79 Å². The molecule has 0 aliphatic carbocycles. The van der Waals surface area contributed by atoms with Gasteiger partial charge >= 0.3 is 11.9 Å². The Labute approximate surface area is 206 Å². The standard InChI is InChI=1S/C27H20N2O5S/c1-17(30)34-21-13-11-19(12-14-21)18-7-9-20(10-8-18)27(32)33-16-24(31)22(15-28)26-29(2)23-5-3-4-6-25(23)35-26/h3-14H,16H2,1-2H3/b26-22-. The molecular weight excluding hydrogens is 464 g/mol. The van der Waals surface area contributed by atoms with E-state index >= 15 is 0 Å². The summed E-state index contributed by atoms with van der Waals surface area (Å²) >= 11 is 1.34. The molecule has 1 heterocycles. The minimum absolute atomic E-state index is 0.0472. The van der Waals surface area contributed by atoms with Crippen molar-refractivity contribution in [2.45, 2.75) is 11.8 Å². The lowest BCUT2D eigenvalue weighted by molar-refractivity contribution is -0.131. The van der Waals surface area contributed by atoms with Crippen molar-refractivity contribution in [2.75, 3.05) is 18.6 Å². The first-order valence-corrected chi connectivity index (χ1v) is 11.4. The van der Waals surface area contributed by atoms with Crippen LogP contribution in [0.15, 0.2) is 88.3 Å². The molecule has 1 aliphatic heterocycles. The Morgan fingerprint density at radius 3 is 2.17 bits per heavy atom. The summed E-state index contributed by atoms with van der Waals surface area (Å²) in [5, 5.41) is 10.1. The smallest absolute Gasteiger partial charge is 0.338 e. The molecule has 0 radical (unpaired) electrons. The Balaban J connectivity index is 1.40. The van der Waals surface area contributed by atoms with Gasteiger partial charge in [0.25, 0.3) is 0 Å². The molecule has 0 saturated heterocycles. The molecule has 3 aromatic carbocycles. The molecule has 0 fully saturated rings. The molecule has 0 amide bonds. The highest BCUT2D eigenvalue weighted by Gasteiger charge is 2.28. The number of benzene rings is 3. The van der Waals surface area contributed by atoms with Crippen LogP contribution in [0.2, 0.25) is 0 Å². The lowest BCUT2D eigenvalue weighted by atomic mass is 10.0. The van der Waals surface area contributed by atoms with E-state index in [4.69, 9.17) is 9.47 Å². The molecule has 174 valence electrons. The molecule has 4 rings (SSSR count). The summed E-state index contributed by atoms with van der Waals surface area (Å²) in [7, 11) is 1.79. The predicted molar refractivity (Wildman–Crippen MR) is 132 cm³/mol. The number of rotatable bonds is 6. The van der Waals surface area contributed by atoms with E-state index in [0.717, 1.165) is 21.7 Å². The van der Waals surface area contributed by atoms with Crippen molar-refractivity contribution in [3.05, 3.63) is 89.0 Å². The van der Waals surface area contributed by atoms with Gasteiger partial charge in [-0.1, -0.05) is 48.2 Å². The highest BCUT2D eigenvalue weighted by molar-refractivity contribution is 8.03. The number of thioether (sulfide) groups is 1. The highest BCUT2D eigenvalue weighted by Crippen LogP contribution is 2.46. The minimum Gasteiger partial charge on any atom is -0.454 e. The summed E-state index contributed by atoms with van der Waals surface area (Å²) in [4.78, 5) is 39.0. The fourth-order valence-electron chi connectivity index (χ4n) is 3.52. The van der Waals surface area contributed by atoms with Crippen molar-refractivity contribution in [2.24, 2.45) is 0 Å². The molecule has 0 spiro atoms. The summed E-state index contributed by atoms with van der Waals surface area (Å²) < 4.78 is 10.2. The first kappa shape index (κ1) is 23.8. The second-order valence-electron chi connectivity index (χ2n) is 7.62. The van der Waals surface area contributed by atoms with Gasteiger partial charge in [0.15, 0.2) is 6.61 Å². The maximum atomic E-state index is 12.7. The lowest BCUT2D eigenvalue weighted by Crippen LogP contribution is -2.20. The van der Waals surface area contributed by atoms with E-state index in [9.17, 15) is 19.6 Å². The van der Waals surface area contributed by atoms with Gasteiger partial charge in [0, 0.05) is 18.9 Å². The fraction of sp³-hybridized carbons (Fsp3) is 0.111. The number of hydrogen-bond acceptors (Lipinski definition) is 8. The zero-order chi connectivity index (χ0) is 24.9. The molecule has 35 heavy (non-hydrogen) atoms. The molecule has 0 N–H and O–H groups in total. The number of carbonyl (C=O) groups is 3. The van der Waals surface area contributed by atoms with Gasteiger partial charge in [-0.2, -0.15) is 5.26 Å². The maximum Gasteiger partial charge on any atom is 0.338 e. The van der Waals surface area contributed by atoms with Gasteiger partial charge in [-0.15, -0.1) is 0 Å². The van der Waals surface area contributed by atoms with Crippen molar-refractivity contribution >= 4 is 35.2 Å². The van der Waals surface area contributed by atoms with E-state index in [1.54, 1.807) is 60.5 Å². The summed E-state index contributed by atoms with van der Waals surface area (Å²) in [6.07, 6.45) is 0. The molecule has 0 aromatic heterocycles. The zero-order valence-electron chi connectivity index (χ0n) is 19.0. The van der Waals surface area contributed by atoms with Crippen LogP contribution < -0.4 is 9.64 Å². The third-order valence-electron chi connectivity index (χ3n) is 5.25. The average Bonchev–Trinajstić information content (AvgIpc) is 3.19.